The van der Waals surface area contributed by atoms with Gasteiger partial charge in [-0.15, -0.1) is 0 Å². The smallest absolute Gasteiger partial charge is 0.410 e. The van der Waals surface area contributed by atoms with Crippen LogP contribution in [0.4, 0.5) is 4.79 Å². The number of hydrogen-bond acceptors (Lipinski definition) is 5. The highest BCUT2D eigenvalue weighted by Gasteiger charge is 2.14. The molecule has 0 aromatic heterocycles. The lowest BCUT2D eigenvalue weighted by molar-refractivity contribution is -0.143. The zero-order valence-electron chi connectivity index (χ0n) is 9.32. The molecule has 0 rings (SSSR count). The molecule has 15 heavy (non-hydrogen) atoms. The lowest BCUT2D eigenvalue weighted by Crippen LogP contribution is -2.34. The summed E-state index contributed by atoms with van der Waals surface area (Å²) in [5.74, 6) is -0.455. The van der Waals surface area contributed by atoms with Crippen molar-refractivity contribution in [3.05, 3.63) is 0 Å². The van der Waals surface area contributed by atoms with Crippen molar-refractivity contribution in [2.75, 3.05) is 40.5 Å². The number of methoxy groups -OCH3 is 1. The molecule has 0 aromatic rings. The molecule has 0 saturated carbocycles. The molecule has 6 nitrogen and oxygen atoms in total. The third kappa shape index (κ3) is 6.73. The molecule has 0 atom stereocenters. The van der Waals surface area contributed by atoms with Gasteiger partial charge < -0.3 is 19.1 Å². The minimum atomic E-state index is -0.569. The molecule has 0 aromatic carbocycles. The Kier molecular flexibility index (Phi) is 7.35. The van der Waals surface area contributed by atoms with Crippen LogP contribution in [0, 0.1) is 0 Å². The van der Waals surface area contributed by atoms with E-state index >= 15 is 0 Å². The van der Waals surface area contributed by atoms with E-state index in [0.717, 1.165) is 4.90 Å². The third-order valence-electron chi connectivity index (χ3n) is 1.50. The van der Waals surface area contributed by atoms with Gasteiger partial charge in [0.2, 0.25) is 0 Å². The van der Waals surface area contributed by atoms with Crippen LogP contribution in [0.1, 0.15) is 6.92 Å². The van der Waals surface area contributed by atoms with Crippen molar-refractivity contribution in [3.8, 4) is 0 Å². The Bertz CT molecular complexity index is 207. The molecule has 0 aliphatic heterocycles. The normalized spacial score (nSPS) is 9.53. The van der Waals surface area contributed by atoms with Crippen molar-refractivity contribution in [2.24, 2.45) is 0 Å². The molecular weight excluding hydrogens is 202 g/mol. The van der Waals surface area contributed by atoms with Crippen molar-refractivity contribution in [1.29, 1.82) is 0 Å². The zero-order chi connectivity index (χ0) is 11.7. The van der Waals surface area contributed by atoms with Gasteiger partial charge in [0.05, 0.1) is 13.2 Å². The van der Waals surface area contributed by atoms with Gasteiger partial charge in [-0.05, 0) is 6.92 Å². The van der Waals surface area contributed by atoms with Gasteiger partial charge in [0.1, 0.15) is 13.2 Å². The van der Waals surface area contributed by atoms with Crippen LogP contribution in [0.5, 0.6) is 0 Å². The minimum Gasteiger partial charge on any atom is -0.465 e. The summed E-state index contributed by atoms with van der Waals surface area (Å²) in [6.07, 6.45) is -0.569. The fourth-order valence-corrected chi connectivity index (χ4v) is 0.787. The summed E-state index contributed by atoms with van der Waals surface area (Å²) in [4.78, 5) is 23.3. The van der Waals surface area contributed by atoms with Crippen LogP contribution in [0.15, 0.2) is 0 Å². The van der Waals surface area contributed by atoms with Crippen molar-refractivity contribution in [1.82, 2.24) is 4.90 Å². The van der Waals surface area contributed by atoms with Crippen molar-refractivity contribution < 1.29 is 23.8 Å². The molecule has 0 radical (unpaired) electrons. The molecule has 0 bridgehead atoms. The highest BCUT2D eigenvalue weighted by atomic mass is 16.6. The van der Waals surface area contributed by atoms with Crippen LogP contribution in [0.2, 0.25) is 0 Å². The number of ether oxygens (including phenoxy) is 3. The summed E-state index contributed by atoms with van der Waals surface area (Å²) >= 11 is 0. The van der Waals surface area contributed by atoms with Crippen molar-refractivity contribution in [3.63, 3.8) is 0 Å². The highest BCUT2D eigenvalue weighted by Crippen LogP contribution is 1.91. The van der Waals surface area contributed by atoms with Crippen LogP contribution in [0.3, 0.4) is 0 Å². The fourth-order valence-electron chi connectivity index (χ4n) is 0.787. The molecule has 0 aliphatic carbocycles. The van der Waals surface area contributed by atoms with Crippen LogP contribution in [0.25, 0.3) is 0 Å². The largest absolute Gasteiger partial charge is 0.465 e. The molecule has 0 N–H and O–H groups in total. The van der Waals surface area contributed by atoms with E-state index in [1.54, 1.807) is 6.92 Å². The van der Waals surface area contributed by atoms with Crippen molar-refractivity contribution in [2.45, 2.75) is 6.92 Å². The van der Waals surface area contributed by atoms with E-state index in [1.807, 2.05) is 0 Å². The molecule has 0 heterocycles. The maximum Gasteiger partial charge on any atom is 0.410 e. The first-order valence-corrected chi connectivity index (χ1v) is 4.64. The Morgan fingerprint density at radius 3 is 2.40 bits per heavy atom. The molecule has 0 spiro atoms. The molecule has 0 saturated heterocycles. The molecule has 6 heteroatoms. The van der Waals surface area contributed by atoms with Gasteiger partial charge in [0.25, 0.3) is 0 Å². The Morgan fingerprint density at radius 2 is 1.87 bits per heavy atom. The second kappa shape index (κ2) is 8.05. The van der Waals surface area contributed by atoms with E-state index in [0.29, 0.717) is 13.2 Å². The lowest BCUT2D eigenvalue weighted by Gasteiger charge is -2.15. The van der Waals surface area contributed by atoms with Crippen LogP contribution in [-0.4, -0.2) is 57.5 Å². The Balaban J connectivity index is 3.73. The van der Waals surface area contributed by atoms with Gasteiger partial charge in [0.15, 0.2) is 0 Å². The summed E-state index contributed by atoms with van der Waals surface area (Å²) < 4.78 is 14.2. The average molecular weight is 219 g/mol. The van der Waals surface area contributed by atoms with Crippen LogP contribution >= 0.6 is 0 Å². The van der Waals surface area contributed by atoms with Crippen molar-refractivity contribution >= 4 is 12.1 Å². The second-order valence-electron chi connectivity index (χ2n) is 2.77. The van der Waals surface area contributed by atoms with E-state index in [2.05, 4.69) is 4.74 Å². The van der Waals surface area contributed by atoms with E-state index in [-0.39, 0.29) is 13.2 Å². The zero-order valence-corrected chi connectivity index (χ0v) is 9.32. The monoisotopic (exact) mass is 219 g/mol. The molecule has 0 unspecified atom stereocenters. The number of rotatable bonds is 6. The molecule has 0 aliphatic rings. The maximum atomic E-state index is 11.2. The predicted molar refractivity (Wildman–Crippen MR) is 52.5 cm³/mol. The number of esters is 1. The van der Waals surface area contributed by atoms with E-state index in [1.165, 1.54) is 14.2 Å². The van der Waals surface area contributed by atoms with Gasteiger partial charge >= 0.3 is 12.1 Å². The first-order valence-electron chi connectivity index (χ1n) is 4.64. The summed E-state index contributed by atoms with van der Waals surface area (Å²) in [6.45, 7) is 2.39. The number of hydrogen-bond donors (Lipinski definition) is 0. The maximum absolute atomic E-state index is 11.2. The molecule has 0 fully saturated rings. The number of amides is 1. The Labute approximate surface area is 89.1 Å². The Hall–Kier alpha value is -1.30. The van der Waals surface area contributed by atoms with E-state index in [4.69, 9.17) is 9.47 Å². The number of likely N-dealkylation sites (N-methyl/N-ethyl adjacent to an activating group) is 1. The van der Waals surface area contributed by atoms with E-state index in [9.17, 15) is 9.59 Å². The first kappa shape index (κ1) is 13.7. The standard InChI is InChI=1S/C9H17NO5/c1-4-14-8(11)7-10(2)9(12)15-6-5-13-3/h4-7H2,1-3H3. The topological polar surface area (TPSA) is 65.1 Å². The van der Waals surface area contributed by atoms with Crippen LogP contribution < -0.4 is 0 Å². The summed E-state index contributed by atoms with van der Waals surface area (Å²) in [5, 5.41) is 0. The lowest BCUT2D eigenvalue weighted by atomic mass is 10.6. The fraction of sp³-hybridized carbons (Fsp3) is 0.778. The minimum absolute atomic E-state index is 0.111. The van der Waals surface area contributed by atoms with Gasteiger partial charge in [0, 0.05) is 14.2 Å². The third-order valence-corrected chi connectivity index (χ3v) is 1.50. The molecular formula is C9H17NO5. The predicted octanol–water partition coefficient (Wildman–Crippen LogP) is 0.264. The summed E-state index contributed by atoms with van der Waals surface area (Å²) in [5.41, 5.74) is 0. The molecule has 88 valence electrons. The number of nitrogens with zero attached hydrogens (tertiary/aromatic N) is 1. The summed E-state index contributed by atoms with van der Waals surface area (Å²) in [6, 6.07) is 0. The van der Waals surface area contributed by atoms with Gasteiger partial charge in [-0.3, -0.25) is 4.79 Å². The quantitative estimate of drug-likeness (QED) is 0.473. The number of carbonyl (C=O) groups is 2. The van der Waals surface area contributed by atoms with E-state index < -0.39 is 12.1 Å². The molecule has 1 amide bonds. The average Bonchev–Trinajstić information content (AvgIpc) is 2.18. The summed E-state index contributed by atoms with van der Waals surface area (Å²) in [7, 11) is 2.97. The SMILES string of the molecule is CCOC(=O)CN(C)C(=O)OCCOC. The highest BCUT2D eigenvalue weighted by molar-refractivity contribution is 5.77. The van der Waals surface area contributed by atoms with Gasteiger partial charge in [-0.2, -0.15) is 0 Å². The van der Waals surface area contributed by atoms with Gasteiger partial charge in [-0.25, -0.2) is 4.79 Å². The Morgan fingerprint density at radius 1 is 1.20 bits per heavy atom. The number of carbonyl (C=O) groups excluding carboxylic acids is 2. The second-order valence-corrected chi connectivity index (χ2v) is 2.77. The van der Waals surface area contributed by atoms with Gasteiger partial charge in [-0.1, -0.05) is 0 Å². The first-order chi connectivity index (χ1) is 7.11. The van der Waals surface area contributed by atoms with Crippen LogP contribution in [-0.2, 0) is 19.0 Å².